The maximum atomic E-state index is 10.3. The lowest BCUT2D eigenvalue weighted by atomic mass is 10.2. The minimum atomic E-state index is -1.000. The van der Waals surface area contributed by atoms with Gasteiger partial charge in [0.1, 0.15) is 11.5 Å². The van der Waals surface area contributed by atoms with E-state index in [-0.39, 0.29) is 5.50 Å². The number of hydrogen-bond donors (Lipinski definition) is 5. The van der Waals surface area contributed by atoms with Crippen LogP contribution in [0.25, 0.3) is 0 Å². The summed E-state index contributed by atoms with van der Waals surface area (Å²) in [7, 11) is 0. The summed E-state index contributed by atoms with van der Waals surface area (Å²) in [6, 6.07) is -0.857. The molecule has 0 aromatic rings. The van der Waals surface area contributed by atoms with Crippen molar-refractivity contribution in [3.05, 3.63) is 11.9 Å². The number of thiol groups is 1. The molecule has 5 nitrogen and oxygen atoms in total. The standard InChI is InChI=1S/C6H11N3O2S/c7-4(5(10)11)1-3-2-8-6(12)9-3/h2,4,6,8-9,12H,1,7H2,(H,10,11). The van der Waals surface area contributed by atoms with Crippen molar-refractivity contribution in [3.8, 4) is 0 Å². The largest absolute Gasteiger partial charge is 0.480 e. The van der Waals surface area contributed by atoms with Crippen LogP contribution in [0.3, 0.4) is 0 Å². The first kappa shape index (κ1) is 9.21. The quantitative estimate of drug-likeness (QED) is 0.369. The zero-order chi connectivity index (χ0) is 9.14. The van der Waals surface area contributed by atoms with E-state index in [2.05, 4.69) is 23.3 Å². The van der Waals surface area contributed by atoms with E-state index < -0.39 is 12.0 Å². The zero-order valence-electron chi connectivity index (χ0n) is 6.32. The second kappa shape index (κ2) is 3.68. The van der Waals surface area contributed by atoms with Crippen LogP contribution >= 0.6 is 12.6 Å². The lowest BCUT2D eigenvalue weighted by molar-refractivity contribution is -0.138. The maximum Gasteiger partial charge on any atom is 0.320 e. The van der Waals surface area contributed by atoms with Gasteiger partial charge in [-0.25, -0.2) is 0 Å². The Hall–Kier alpha value is -0.880. The molecule has 1 rings (SSSR count). The zero-order valence-corrected chi connectivity index (χ0v) is 7.21. The predicted molar refractivity (Wildman–Crippen MR) is 47.4 cm³/mol. The van der Waals surface area contributed by atoms with E-state index in [1.807, 2.05) is 0 Å². The van der Waals surface area contributed by atoms with Crippen LogP contribution in [0.4, 0.5) is 0 Å². The van der Waals surface area contributed by atoms with Crippen LogP contribution in [-0.4, -0.2) is 22.6 Å². The third-order valence-corrected chi connectivity index (χ3v) is 1.77. The highest BCUT2D eigenvalue weighted by atomic mass is 32.1. The van der Waals surface area contributed by atoms with Gasteiger partial charge in [0.05, 0.1) is 0 Å². The summed E-state index contributed by atoms with van der Waals surface area (Å²) < 4.78 is 0. The van der Waals surface area contributed by atoms with Crippen LogP contribution in [0, 0.1) is 0 Å². The average Bonchev–Trinajstić information content (AvgIpc) is 2.35. The highest BCUT2D eigenvalue weighted by molar-refractivity contribution is 7.80. The molecule has 68 valence electrons. The van der Waals surface area contributed by atoms with Crippen molar-refractivity contribution in [2.24, 2.45) is 5.73 Å². The lowest BCUT2D eigenvalue weighted by Gasteiger charge is -2.09. The van der Waals surface area contributed by atoms with Crippen molar-refractivity contribution >= 4 is 18.6 Å². The molecular weight excluding hydrogens is 178 g/mol. The van der Waals surface area contributed by atoms with E-state index in [1.54, 1.807) is 6.20 Å². The Labute approximate surface area is 75.4 Å². The summed E-state index contributed by atoms with van der Waals surface area (Å²) in [4.78, 5) is 10.3. The van der Waals surface area contributed by atoms with Gasteiger partial charge in [-0.1, -0.05) is 0 Å². The molecule has 0 amide bonds. The number of nitrogens with two attached hydrogens (primary N) is 1. The molecule has 0 saturated heterocycles. The fraction of sp³-hybridized carbons (Fsp3) is 0.500. The number of carboxylic acids is 1. The SMILES string of the molecule is NC(CC1=CNC(S)N1)C(=O)O. The van der Waals surface area contributed by atoms with E-state index in [9.17, 15) is 4.79 Å². The minimum absolute atomic E-state index is 0.138. The van der Waals surface area contributed by atoms with Crippen molar-refractivity contribution in [1.29, 1.82) is 0 Å². The Morgan fingerprint density at radius 3 is 3.00 bits per heavy atom. The normalized spacial score (nSPS) is 23.8. The van der Waals surface area contributed by atoms with Gasteiger partial charge in [-0.2, -0.15) is 0 Å². The van der Waals surface area contributed by atoms with Crippen LogP contribution in [-0.2, 0) is 4.79 Å². The third-order valence-electron chi connectivity index (χ3n) is 1.49. The van der Waals surface area contributed by atoms with Gasteiger partial charge < -0.3 is 21.5 Å². The molecule has 0 spiro atoms. The Bertz CT molecular complexity index is 219. The summed E-state index contributed by atoms with van der Waals surface area (Å²) in [5.41, 5.74) is 5.94. The molecule has 0 bridgehead atoms. The first-order chi connectivity index (χ1) is 5.59. The summed E-state index contributed by atoms with van der Waals surface area (Å²) in [5.74, 6) is -1.000. The van der Waals surface area contributed by atoms with Gasteiger partial charge in [-0.15, -0.1) is 12.6 Å². The van der Waals surface area contributed by atoms with Gasteiger partial charge in [-0.3, -0.25) is 4.79 Å². The first-order valence-electron chi connectivity index (χ1n) is 3.47. The Morgan fingerprint density at radius 1 is 1.92 bits per heavy atom. The molecule has 0 aliphatic carbocycles. The Kier molecular flexibility index (Phi) is 2.83. The molecule has 1 aliphatic rings. The van der Waals surface area contributed by atoms with E-state index in [1.165, 1.54) is 0 Å². The molecule has 5 N–H and O–H groups in total. The molecule has 0 radical (unpaired) electrons. The smallest absolute Gasteiger partial charge is 0.320 e. The van der Waals surface area contributed by atoms with Crippen LogP contribution in [0.1, 0.15) is 6.42 Å². The van der Waals surface area contributed by atoms with E-state index in [4.69, 9.17) is 10.8 Å². The van der Waals surface area contributed by atoms with Crippen molar-refractivity contribution < 1.29 is 9.90 Å². The fourth-order valence-corrected chi connectivity index (χ4v) is 1.12. The van der Waals surface area contributed by atoms with Gasteiger partial charge >= 0.3 is 5.97 Å². The average molecular weight is 189 g/mol. The molecule has 0 aromatic heterocycles. The summed E-state index contributed by atoms with van der Waals surface area (Å²) in [6.45, 7) is 0. The van der Waals surface area contributed by atoms with Crippen LogP contribution in [0.15, 0.2) is 11.9 Å². The van der Waals surface area contributed by atoms with Crippen molar-refractivity contribution in [2.75, 3.05) is 0 Å². The van der Waals surface area contributed by atoms with Gasteiger partial charge in [0, 0.05) is 18.3 Å². The molecule has 0 aromatic carbocycles. The monoisotopic (exact) mass is 189 g/mol. The van der Waals surface area contributed by atoms with Gasteiger partial charge in [-0.05, 0) is 0 Å². The number of hydrogen-bond acceptors (Lipinski definition) is 5. The molecule has 0 fully saturated rings. The summed E-state index contributed by atoms with van der Waals surface area (Å²) in [6.07, 6.45) is 1.97. The van der Waals surface area contributed by atoms with E-state index in [0.29, 0.717) is 6.42 Å². The molecule has 1 aliphatic heterocycles. The molecule has 12 heavy (non-hydrogen) atoms. The molecule has 2 atom stereocenters. The van der Waals surface area contributed by atoms with Gasteiger partial charge in [0.2, 0.25) is 0 Å². The topological polar surface area (TPSA) is 87.4 Å². The van der Waals surface area contributed by atoms with E-state index >= 15 is 0 Å². The lowest BCUT2D eigenvalue weighted by Crippen LogP contribution is -2.33. The Morgan fingerprint density at radius 2 is 2.58 bits per heavy atom. The number of carbonyl (C=O) groups is 1. The molecule has 2 unspecified atom stereocenters. The van der Waals surface area contributed by atoms with Crippen molar-refractivity contribution in [3.63, 3.8) is 0 Å². The molecule has 1 heterocycles. The molecular formula is C6H11N3O2S. The first-order valence-corrected chi connectivity index (χ1v) is 3.99. The van der Waals surface area contributed by atoms with Crippen LogP contribution < -0.4 is 16.4 Å². The molecule has 6 heteroatoms. The molecule has 0 saturated carbocycles. The van der Waals surface area contributed by atoms with Gasteiger partial charge in [0.25, 0.3) is 0 Å². The highest BCUT2D eigenvalue weighted by Crippen LogP contribution is 2.07. The van der Waals surface area contributed by atoms with Crippen LogP contribution in [0.2, 0.25) is 0 Å². The number of rotatable bonds is 3. The van der Waals surface area contributed by atoms with Gasteiger partial charge in [0.15, 0.2) is 0 Å². The van der Waals surface area contributed by atoms with Crippen molar-refractivity contribution in [1.82, 2.24) is 10.6 Å². The Balaban J connectivity index is 2.37. The number of aliphatic carboxylic acids is 1. The number of carboxylic acid groups (broad SMARTS) is 1. The van der Waals surface area contributed by atoms with E-state index in [0.717, 1.165) is 5.70 Å². The fourth-order valence-electron chi connectivity index (χ4n) is 0.881. The number of nitrogens with one attached hydrogen (secondary N) is 2. The summed E-state index contributed by atoms with van der Waals surface area (Å²) in [5, 5.41) is 14.3. The third kappa shape index (κ3) is 2.31. The predicted octanol–water partition coefficient (Wildman–Crippen LogP) is -0.964. The highest BCUT2D eigenvalue weighted by Gasteiger charge is 2.17. The maximum absolute atomic E-state index is 10.3. The summed E-state index contributed by atoms with van der Waals surface area (Å²) >= 11 is 4.06. The second-order valence-corrected chi connectivity index (χ2v) is 3.05. The van der Waals surface area contributed by atoms with Crippen molar-refractivity contribution in [2.45, 2.75) is 18.0 Å². The van der Waals surface area contributed by atoms with Crippen LogP contribution in [0.5, 0.6) is 0 Å². The second-order valence-electron chi connectivity index (χ2n) is 2.53. The minimum Gasteiger partial charge on any atom is -0.480 e.